The lowest BCUT2D eigenvalue weighted by molar-refractivity contribution is 0.102. The molecule has 0 bridgehead atoms. The molecule has 140 valence electrons. The first-order chi connectivity index (χ1) is 12.6. The van der Waals surface area contributed by atoms with Crippen molar-refractivity contribution in [3.8, 4) is 17.2 Å². The van der Waals surface area contributed by atoms with Crippen LogP contribution in [0.15, 0.2) is 36.4 Å². The van der Waals surface area contributed by atoms with Gasteiger partial charge in [-0.1, -0.05) is 25.1 Å². The molecule has 0 fully saturated rings. The molecule has 1 N–H and O–H groups in total. The zero-order chi connectivity index (χ0) is 18.9. The minimum Gasteiger partial charge on any atom is -0.490 e. The molecule has 26 heavy (non-hydrogen) atoms. The summed E-state index contributed by atoms with van der Waals surface area (Å²) in [7, 11) is 0. The molecule has 1 amide bonds. The highest BCUT2D eigenvalue weighted by atomic mass is 16.5. The Morgan fingerprint density at radius 3 is 2.00 bits per heavy atom. The fourth-order valence-corrected chi connectivity index (χ4v) is 2.66. The first-order valence-electron chi connectivity index (χ1n) is 9.10. The molecule has 0 aliphatic carbocycles. The van der Waals surface area contributed by atoms with E-state index in [-0.39, 0.29) is 5.91 Å². The number of carbonyl (C=O) groups is 1. The minimum absolute atomic E-state index is 0.212. The van der Waals surface area contributed by atoms with Gasteiger partial charge in [-0.3, -0.25) is 4.79 Å². The van der Waals surface area contributed by atoms with Crippen LogP contribution in [0.4, 0.5) is 5.69 Å². The van der Waals surface area contributed by atoms with E-state index in [1.807, 2.05) is 45.0 Å². The predicted octanol–water partition coefficient (Wildman–Crippen LogP) is 4.70. The molecule has 0 aliphatic heterocycles. The van der Waals surface area contributed by atoms with E-state index in [1.54, 1.807) is 12.1 Å². The molecule has 5 nitrogen and oxygen atoms in total. The molecule has 0 radical (unpaired) electrons. The topological polar surface area (TPSA) is 56.8 Å². The van der Waals surface area contributed by atoms with Crippen LogP contribution in [0.3, 0.4) is 0 Å². The lowest BCUT2D eigenvalue weighted by Gasteiger charge is -2.17. The van der Waals surface area contributed by atoms with Crippen LogP contribution in [0.2, 0.25) is 0 Å². The Morgan fingerprint density at radius 1 is 0.885 bits per heavy atom. The Bertz CT molecular complexity index is 716. The summed E-state index contributed by atoms with van der Waals surface area (Å²) in [6.45, 7) is 9.15. The maximum absolute atomic E-state index is 12.8. The van der Waals surface area contributed by atoms with Crippen LogP contribution in [0.1, 0.15) is 43.6 Å². The SMILES string of the molecule is CCOc1cc(C(=O)Nc2ccccc2CC)cc(OCC)c1OCC. The van der Waals surface area contributed by atoms with Gasteiger partial charge < -0.3 is 19.5 Å². The smallest absolute Gasteiger partial charge is 0.255 e. The lowest BCUT2D eigenvalue weighted by atomic mass is 10.1. The summed E-state index contributed by atoms with van der Waals surface area (Å²) >= 11 is 0. The normalized spacial score (nSPS) is 10.3. The first kappa shape index (κ1) is 19.6. The van der Waals surface area contributed by atoms with E-state index < -0.39 is 0 Å². The average molecular weight is 357 g/mol. The average Bonchev–Trinajstić information content (AvgIpc) is 2.65. The van der Waals surface area contributed by atoms with Gasteiger partial charge in [0.05, 0.1) is 19.8 Å². The fraction of sp³-hybridized carbons (Fsp3) is 0.381. The summed E-state index contributed by atoms with van der Waals surface area (Å²) in [6, 6.07) is 11.2. The molecule has 0 aliphatic rings. The van der Waals surface area contributed by atoms with Crippen LogP contribution in [-0.2, 0) is 6.42 Å². The van der Waals surface area contributed by atoms with E-state index in [4.69, 9.17) is 14.2 Å². The van der Waals surface area contributed by atoms with Gasteiger partial charge >= 0.3 is 0 Å². The molecule has 0 atom stereocenters. The molecule has 0 saturated heterocycles. The quantitative estimate of drug-likeness (QED) is 0.707. The summed E-state index contributed by atoms with van der Waals surface area (Å²) in [4.78, 5) is 12.8. The number of hydrogen-bond acceptors (Lipinski definition) is 4. The maximum Gasteiger partial charge on any atom is 0.255 e. The van der Waals surface area contributed by atoms with Crippen LogP contribution in [0.5, 0.6) is 17.2 Å². The molecular formula is C21H27NO4. The summed E-state index contributed by atoms with van der Waals surface area (Å²) in [6.07, 6.45) is 0.841. The summed E-state index contributed by atoms with van der Waals surface area (Å²) < 4.78 is 17.0. The third-order valence-electron chi connectivity index (χ3n) is 3.82. The highest BCUT2D eigenvalue weighted by molar-refractivity contribution is 6.05. The molecule has 0 saturated carbocycles. The van der Waals surface area contributed by atoms with Crippen molar-refractivity contribution in [2.45, 2.75) is 34.1 Å². The number of rotatable bonds is 9. The zero-order valence-corrected chi connectivity index (χ0v) is 15.9. The second kappa shape index (κ2) is 9.70. The first-order valence-corrected chi connectivity index (χ1v) is 9.10. The summed E-state index contributed by atoms with van der Waals surface area (Å²) in [5.41, 5.74) is 2.36. The number of benzene rings is 2. The summed E-state index contributed by atoms with van der Waals surface area (Å²) in [5, 5.41) is 2.98. The number of hydrogen-bond donors (Lipinski definition) is 1. The molecule has 0 aromatic heterocycles. The van der Waals surface area contributed by atoms with E-state index in [9.17, 15) is 4.79 Å². The number of carbonyl (C=O) groups excluding carboxylic acids is 1. The van der Waals surface area contributed by atoms with Crippen molar-refractivity contribution in [3.63, 3.8) is 0 Å². The Labute approximate surface area is 155 Å². The number of ether oxygens (including phenoxy) is 3. The van der Waals surface area contributed by atoms with Gasteiger partial charge in [-0.25, -0.2) is 0 Å². The Balaban J connectivity index is 2.39. The third kappa shape index (κ3) is 4.69. The standard InChI is InChI=1S/C21H27NO4/c1-5-15-11-9-10-12-17(15)22-21(23)16-13-18(24-6-2)20(26-8-4)19(14-16)25-7-3/h9-14H,5-8H2,1-4H3,(H,22,23). The van der Waals surface area contributed by atoms with Gasteiger partial charge in [0.25, 0.3) is 5.91 Å². The van der Waals surface area contributed by atoms with Crippen molar-refractivity contribution in [1.29, 1.82) is 0 Å². The van der Waals surface area contributed by atoms with Gasteiger partial charge in [0.1, 0.15) is 0 Å². The lowest BCUT2D eigenvalue weighted by Crippen LogP contribution is -2.14. The molecular weight excluding hydrogens is 330 g/mol. The second-order valence-electron chi connectivity index (χ2n) is 5.57. The molecule has 2 rings (SSSR count). The van der Waals surface area contributed by atoms with Gasteiger partial charge in [0.15, 0.2) is 11.5 Å². The van der Waals surface area contributed by atoms with Crippen molar-refractivity contribution in [2.24, 2.45) is 0 Å². The van der Waals surface area contributed by atoms with E-state index in [0.29, 0.717) is 42.6 Å². The van der Waals surface area contributed by atoms with Gasteiger partial charge in [0.2, 0.25) is 5.75 Å². The predicted molar refractivity (Wildman–Crippen MR) is 104 cm³/mol. The van der Waals surface area contributed by atoms with E-state index >= 15 is 0 Å². The number of anilines is 1. The molecule has 0 spiro atoms. The molecule has 0 unspecified atom stereocenters. The third-order valence-corrected chi connectivity index (χ3v) is 3.82. The number of para-hydroxylation sites is 1. The van der Waals surface area contributed by atoms with E-state index in [0.717, 1.165) is 17.7 Å². The number of aryl methyl sites for hydroxylation is 1. The fourth-order valence-electron chi connectivity index (χ4n) is 2.66. The number of amides is 1. The summed E-state index contributed by atoms with van der Waals surface area (Å²) in [5.74, 6) is 1.33. The number of nitrogens with one attached hydrogen (secondary N) is 1. The molecule has 5 heteroatoms. The van der Waals surface area contributed by atoms with Gasteiger partial charge in [-0.05, 0) is 51.0 Å². The highest BCUT2D eigenvalue weighted by Crippen LogP contribution is 2.39. The van der Waals surface area contributed by atoms with Crippen molar-refractivity contribution in [3.05, 3.63) is 47.5 Å². The molecule has 0 heterocycles. The van der Waals surface area contributed by atoms with E-state index in [2.05, 4.69) is 12.2 Å². The monoisotopic (exact) mass is 357 g/mol. The Morgan fingerprint density at radius 2 is 1.46 bits per heavy atom. The van der Waals surface area contributed by atoms with Crippen LogP contribution in [0.25, 0.3) is 0 Å². The van der Waals surface area contributed by atoms with Gasteiger partial charge in [-0.2, -0.15) is 0 Å². The maximum atomic E-state index is 12.8. The van der Waals surface area contributed by atoms with E-state index in [1.165, 1.54) is 0 Å². The second-order valence-corrected chi connectivity index (χ2v) is 5.57. The minimum atomic E-state index is -0.212. The van der Waals surface area contributed by atoms with Gasteiger partial charge in [-0.15, -0.1) is 0 Å². The Hall–Kier alpha value is -2.69. The van der Waals surface area contributed by atoms with Crippen LogP contribution < -0.4 is 19.5 Å². The largest absolute Gasteiger partial charge is 0.490 e. The highest BCUT2D eigenvalue weighted by Gasteiger charge is 2.18. The molecule has 2 aromatic rings. The Kier molecular flexibility index (Phi) is 7.33. The van der Waals surface area contributed by atoms with Crippen molar-refractivity contribution in [1.82, 2.24) is 0 Å². The van der Waals surface area contributed by atoms with Crippen LogP contribution in [0, 0.1) is 0 Å². The molecule has 2 aromatic carbocycles. The van der Waals surface area contributed by atoms with Crippen molar-refractivity contribution in [2.75, 3.05) is 25.1 Å². The zero-order valence-electron chi connectivity index (χ0n) is 15.9. The van der Waals surface area contributed by atoms with Crippen LogP contribution in [-0.4, -0.2) is 25.7 Å². The van der Waals surface area contributed by atoms with Crippen molar-refractivity contribution < 1.29 is 19.0 Å². The van der Waals surface area contributed by atoms with Crippen LogP contribution >= 0.6 is 0 Å². The van der Waals surface area contributed by atoms with Gasteiger partial charge in [0, 0.05) is 11.3 Å². The van der Waals surface area contributed by atoms with Crippen molar-refractivity contribution >= 4 is 11.6 Å².